The first-order valence-corrected chi connectivity index (χ1v) is 6.19. The lowest BCUT2D eigenvalue weighted by atomic mass is 10.1. The summed E-state index contributed by atoms with van der Waals surface area (Å²) in [4.78, 5) is 10.9. The molecule has 0 spiro atoms. The number of hydrogen-bond acceptors (Lipinski definition) is 4. The van der Waals surface area contributed by atoms with Crippen LogP contribution in [-0.4, -0.2) is 17.9 Å². The van der Waals surface area contributed by atoms with Gasteiger partial charge < -0.3 is 19.9 Å². The van der Waals surface area contributed by atoms with E-state index in [2.05, 4.69) is 5.32 Å². The van der Waals surface area contributed by atoms with Crippen LogP contribution in [-0.2, 0) is 6.54 Å². The monoisotopic (exact) mass is 271 g/mol. The predicted molar refractivity (Wildman–Crippen MR) is 73.3 cm³/mol. The van der Waals surface area contributed by atoms with Gasteiger partial charge in [0.15, 0.2) is 11.5 Å². The van der Waals surface area contributed by atoms with Crippen LogP contribution in [0.1, 0.15) is 15.9 Å². The smallest absolute Gasteiger partial charge is 0.335 e. The molecule has 102 valence electrons. The summed E-state index contributed by atoms with van der Waals surface area (Å²) in [6.07, 6.45) is 0. The van der Waals surface area contributed by atoms with Gasteiger partial charge in [-0.15, -0.1) is 0 Å². The van der Waals surface area contributed by atoms with Crippen LogP contribution in [0.3, 0.4) is 0 Å². The number of rotatable bonds is 4. The standard InChI is InChI=1S/C15H13NO4/c17-15(18)10-3-1-5-12(7-10)16-8-11-4-2-6-13-14(11)20-9-19-13/h1-7,16H,8-9H2,(H,17,18). The van der Waals surface area contributed by atoms with E-state index in [-0.39, 0.29) is 12.4 Å². The Balaban J connectivity index is 1.76. The second-order valence-electron chi connectivity index (χ2n) is 4.39. The van der Waals surface area contributed by atoms with Crippen molar-refractivity contribution in [2.24, 2.45) is 0 Å². The molecule has 0 aliphatic carbocycles. The molecule has 2 aromatic rings. The molecule has 1 aliphatic rings. The molecule has 1 aliphatic heterocycles. The summed E-state index contributed by atoms with van der Waals surface area (Å²) in [6, 6.07) is 12.4. The molecule has 5 heteroatoms. The van der Waals surface area contributed by atoms with Gasteiger partial charge in [0.05, 0.1) is 5.56 Å². The molecule has 2 N–H and O–H groups in total. The Morgan fingerprint density at radius 2 is 2.05 bits per heavy atom. The van der Waals surface area contributed by atoms with Gasteiger partial charge in [0, 0.05) is 17.8 Å². The summed E-state index contributed by atoms with van der Waals surface area (Å²) < 4.78 is 10.7. The molecule has 0 aromatic heterocycles. The van der Waals surface area contributed by atoms with Gasteiger partial charge in [0.25, 0.3) is 0 Å². The first-order chi connectivity index (χ1) is 9.74. The van der Waals surface area contributed by atoms with Crippen molar-refractivity contribution in [3.05, 3.63) is 53.6 Å². The fraction of sp³-hybridized carbons (Fsp3) is 0.133. The Kier molecular flexibility index (Phi) is 3.16. The largest absolute Gasteiger partial charge is 0.478 e. The molecule has 2 aromatic carbocycles. The lowest BCUT2D eigenvalue weighted by Gasteiger charge is -2.09. The van der Waals surface area contributed by atoms with Gasteiger partial charge in [0.1, 0.15) is 0 Å². The summed E-state index contributed by atoms with van der Waals surface area (Å²) in [7, 11) is 0. The van der Waals surface area contributed by atoms with Crippen molar-refractivity contribution in [1.82, 2.24) is 0 Å². The molecule has 0 unspecified atom stereocenters. The van der Waals surface area contributed by atoms with Crippen LogP contribution >= 0.6 is 0 Å². The minimum Gasteiger partial charge on any atom is -0.478 e. The maximum absolute atomic E-state index is 10.9. The molecular formula is C15H13NO4. The molecule has 0 bridgehead atoms. The normalized spacial score (nSPS) is 12.2. The van der Waals surface area contributed by atoms with E-state index in [1.807, 2.05) is 24.3 Å². The van der Waals surface area contributed by atoms with Crippen molar-refractivity contribution in [3.63, 3.8) is 0 Å². The van der Waals surface area contributed by atoms with E-state index in [4.69, 9.17) is 14.6 Å². The van der Waals surface area contributed by atoms with E-state index in [1.165, 1.54) is 0 Å². The van der Waals surface area contributed by atoms with Crippen LogP contribution < -0.4 is 14.8 Å². The van der Waals surface area contributed by atoms with Gasteiger partial charge in [-0.3, -0.25) is 0 Å². The van der Waals surface area contributed by atoms with Crippen molar-refractivity contribution >= 4 is 11.7 Å². The molecule has 0 atom stereocenters. The second-order valence-corrected chi connectivity index (χ2v) is 4.39. The molecule has 0 amide bonds. The lowest BCUT2D eigenvalue weighted by molar-refractivity contribution is 0.0697. The zero-order chi connectivity index (χ0) is 13.9. The van der Waals surface area contributed by atoms with E-state index < -0.39 is 5.97 Å². The Morgan fingerprint density at radius 3 is 2.90 bits per heavy atom. The highest BCUT2D eigenvalue weighted by atomic mass is 16.7. The molecule has 0 saturated heterocycles. The molecule has 3 rings (SSSR count). The van der Waals surface area contributed by atoms with Gasteiger partial charge in [-0.05, 0) is 24.3 Å². The Morgan fingerprint density at radius 1 is 1.20 bits per heavy atom. The highest BCUT2D eigenvalue weighted by Gasteiger charge is 2.16. The number of carbonyl (C=O) groups is 1. The number of carboxylic acid groups (broad SMARTS) is 1. The topological polar surface area (TPSA) is 67.8 Å². The van der Waals surface area contributed by atoms with E-state index in [9.17, 15) is 4.79 Å². The Bertz CT molecular complexity index is 654. The molecule has 0 saturated carbocycles. The second kappa shape index (κ2) is 5.13. The molecule has 1 heterocycles. The number of hydrogen-bond donors (Lipinski definition) is 2. The molecule has 5 nitrogen and oxygen atoms in total. The third-order valence-electron chi connectivity index (χ3n) is 3.07. The zero-order valence-corrected chi connectivity index (χ0v) is 10.6. The van der Waals surface area contributed by atoms with E-state index in [0.29, 0.717) is 6.54 Å². The summed E-state index contributed by atoms with van der Waals surface area (Å²) in [6.45, 7) is 0.774. The van der Waals surface area contributed by atoms with E-state index in [0.717, 1.165) is 22.7 Å². The van der Waals surface area contributed by atoms with Crippen LogP contribution in [0.2, 0.25) is 0 Å². The third kappa shape index (κ3) is 2.38. The number of nitrogens with one attached hydrogen (secondary N) is 1. The van der Waals surface area contributed by atoms with Gasteiger partial charge >= 0.3 is 5.97 Å². The van der Waals surface area contributed by atoms with Crippen LogP contribution in [0, 0.1) is 0 Å². The third-order valence-corrected chi connectivity index (χ3v) is 3.07. The number of aromatic carboxylic acids is 1. The quantitative estimate of drug-likeness (QED) is 0.895. The highest BCUT2D eigenvalue weighted by molar-refractivity contribution is 5.88. The number of ether oxygens (including phenoxy) is 2. The number of fused-ring (bicyclic) bond motifs is 1. The Labute approximate surface area is 115 Å². The summed E-state index contributed by atoms with van der Waals surface area (Å²) in [5.74, 6) is 0.545. The minimum absolute atomic E-state index is 0.237. The zero-order valence-electron chi connectivity index (χ0n) is 10.6. The van der Waals surface area contributed by atoms with Crippen LogP contribution in [0.15, 0.2) is 42.5 Å². The van der Waals surface area contributed by atoms with Crippen LogP contribution in [0.25, 0.3) is 0 Å². The van der Waals surface area contributed by atoms with E-state index >= 15 is 0 Å². The number of carboxylic acids is 1. The van der Waals surface area contributed by atoms with Crippen LogP contribution in [0.5, 0.6) is 11.5 Å². The maximum atomic E-state index is 10.9. The number of benzene rings is 2. The average molecular weight is 271 g/mol. The van der Waals surface area contributed by atoms with Crippen molar-refractivity contribution in [1.29, 1.82) is 0 Å². The van der Waals surface area contributed by atoms with Crippen molar-refractivity contribution < 1.29 is 19.4 Å². The summed E-state index contributed by atoms with van der Waals surface area (Å²) in [5.41, 5.74) is 1.98. The van der Waals surface area contributed by atoms with Gasteiger partial charge in [-0.25, -0.2) is 4.79 Å². The molecule has 20 heavy (non-hydrogen) atoms. The van der Waals surface area contributed by atoms with Crippen molar-refractivity contribution in [2.45, 2.75) is 6.54 Å². The highest BCUT2D eigenvalue weighted by Crippen LogP contribution is 2.35. The predicted octanol–water partition coefficient (Wildman–Crippen LogP) is 2.73. The molecule has 0 fully saturated rings. The van der Waals surface area contributed by atoms with Crippen molar-refractivity contribution in [3.8, 4) is 11.5 Å². The summed E-state index contributed by atoms with van der Waals surface area (Å²) in [5, 5.41) is 12.1. The molecular weight excluding hydrogens is 258 g/mol. The fourth-order valence-electron chi connectivity index (χ4n) is 2.09. The SMILES string of the molecule is O=C(O)c1cccc(NCc2cccc3c2OCO3)c1. The molecule has 0 radical (unpaired) electrons. The van der Waals surface area contributed by atoms with Gasteiger partial charge in [-0.1, -0.05) is 18.2 Å². The van der Waals surface area contributed by atoms with Crippen LogP contribution in [0.4, 0.5) is 5.69 Å². The Hall–Kier alpha value is -2.69. The fourth-order valence-corrected chi connectivity index (χ4v) is 2.09. The lowest BCUT2D eigenvalue weighted by Crippen LogP contribution is -2.03. The van der Waals surface area contributed by atoms with Gasteiger partial charge in [0.2, 0.25) is 6.79 Å². The van der Waals surface area contributed by atoms with Crippen molar-refractivity contribution in [2.75, 3.05) is 12.1 Å². The minimum atomic E-state index is -0.939. The maximum Gasteiger partial charge on any atom is 0.335 e. The first-order valence-electron chi connectivity index (χ1n) is 6.19. The number of anilines is 1. The average Bonchev–Trinajstić information content (AvgIpc) is 2.94. The van der Waals surface area contributed by atoms with E-state index in [1.54, 1.807) is 18.2 Å². The summed E-state index contributed by atoms with van der Waals surface area (Å²) >= 11 is 0. The number of para-hydroxylation sites is 1. The first kappa shape index (κ1) is 12.3. The van der Waals surface area contributed by atoms with Gasteiger partial charge in [-0.2, -0.15) is 0 Å².